The standard InChI is InChI=1S/C16H20N2O2/c1-11-4-5-12(2)15(8-11)16(19)13(3)18-6-7-20-14(9-17)10-18/h4-5,8,13-14H,6-7,10H2,1-3H3. The molecule has 20 heavy (non-hydrogen) atoms. The Labute approximate surface area is 120 Å². The van der Waals surface area contributed by atoms with Crippen LogP contribution in [0, 0.1) is 25.2 Å². The van der Waals surface area contributed by atoms with Crippen molar-refractivity contribution in [2.24, 2.45) is 0 Å². The number of hydrogen-bond donors (Lipinski definition) is 0. The number of morpholine rings is 1. The number of hydrogen-bond acceptors (Lipinski definition) is 4. The fourth-order valence-corrected chi connectivity index (χ4v) is 2.49. The zero-order valence-corrected chi connectivity index (χ0v) is 12.2. The first-order valence-corrected chi connectivity index (χ1v) is 6.89. The summed E-state index contributed by atoms with van der Waals surface area (Å²) in [6.07, 6.45) is -0.433. The maximum atomic E-state index is 12.6. The first-order valence-electron chi connectivity index (χ1n) is 6.89. The molecule has 1 aliphatic heterocycles. The van der Waals surface area contributed by atoms with E-state index in [0.717, 1.165) is 16.7 Å². The molecule has 1 saturated heterocycles. The number of ether oxygens (including phenoxy) is 1. The van der Waals surface area contributed by atoms with E-state index in [1.165, 1.54) is 0 Å². The van der Waals surface area contributed by atoms with Crippen molar-refractivity contribution in [2.45, 2.75) is 32.9 Å². The summed E-state index contributed by atoms with van der Waals surface area (Å²) in [5, 5.41) is 8.94. The highest BCUT2D eigenvalue weighted by molar-refractivity contribution is 6.01. The number of rotatable bonds is 3. The van der Waals surface area contributed by atoms with Crippen molar-refractivity contribution < 1.29 is 9.53 Å². The molecule has 0 radical (unpaired) electrons. The van der Waals surface area contributed by atoms with Crippen LogP contribution in [-0.4, -0.2) is 42.5 Å². The highest BCUT2D eigenvalue weighted by atomic mass is 16.5. The molecule has 4 nitrogen and oxygen atoms in total. The van der Waals surface area contributed by atoms with E-state index in [2.05, 4.69) is 6.07 Å². The van der Waals surface area contributed by atoms with E-state index in [1.807, 2.05) is 43.9 Å². The van der Waals surface area contributed by atoms with Gasteiger partial charge in [0.1, 0.15) is 0 Å². The molecule has 1 heterocycles. The van der Waals surface area contributed by atoms with E-state index >= 15 is 0 Å². The zero-order valence-electron chi connectivity index (χ0n) is 12.2. The maximum absolute atomic E-state index is 12.6. The van der Waals surface area contributed by atoms with Gasteiger partial charge in [-0.2, -0.15) is 5.26 Å². The molecule has 106 valence electrons. The Hall–Kier alpha value is -1.70. The van der Waals surface area contributed by atoms with Crippen molar-refractivity contribution in [2.75, 3.05) is 19.7 Å². The van der Waals surface area contributed by atoms with Gasteiger partial charge >= 0.3 is 0 Å². The fraction of sp³-hybridized carbons (Fsp3) is 0.500. The summed E-state index contributed by atoms with van der Waals surface area (Å²) < 4.78 is 5.32. The lowest BCUT2D eigenvalue weighted by Crippen LogP contribution is -2.49. The molecule has 0 spiro atoms. The number of benzene rings is 1. The molecule has 0 aromatic heterocycles. The molecule has 0 saturated carbocycles. The van der Waals surface area contributed by atoms with Crippen LogP contribution < -0.4 is 0 Å². The third kappa shape index (κ3) is 3.06. The highest BCUT2D eigenvalue weighted by Crippen LogP contribution is 2.17. The van der Waals surface area contributed by atoms with E-state index < -0.39 is 6.10 Å². The van der Waals surface area contributed by atoms with Gasteiger partial charge in [-0.25, -0.2) is 0 Å². The molecule has 1 aliphatic rings. The van der Waals surface area contributed by atoms with E-state index in [-0.39, 0.29) is 11.8 Å². The van der Waals surface area contributed by atoms with Gasteiger partial charge in [-0.3, -0.25) is 9.69 Å². The van der Waals surface area contributed by atoms with E-state index in [4.69, 9.17) is 10.00 Å². The summed E-state index contributed by atoms with van der Waals surface area (Å²) in [5.41, 5.74) is 2.86. The fourth-order valence-electron chi connectivity index (χ4n) is 2.49. The highest BCUT2D eigenvalue weighted by Gasteiger charge is 2.28. The van der Waals surface area contributed by atoms with Gasteiger partial charge in [0.15, 0.2) is 11.9 Å². The van der Waals surface area contributed by atoms with Crippen LogP contribution in [-0.2, 0) is 4.74 Å². The molecule has 0 aliphatic carbocycles. The molecular formula is C16H20N2O2. The monoisotopic (exact) mass is 272 g/mol. The van der Waals surface area contributed by atoms with Crippen LogP contribution in [0.5, 0.6) is 0 Å². The minimum atomic E-state index is -0.433. The van der Waals surface area contributed by atoms with Crippen LogP contribution in [0.2, 0.25) is 0 Å². The molecule has 2 rings (SSSR count). The average molecular weight is 272 g/mol. The number of nitriles is 1. The third-order valence-corrected chi connectivity index (χ3v) is 3.83. The van der Waals surface area contributed by atoms with Gasteiger partial charge in [-0.15, -0.1) is 0 Å². The summed E-state index contributed by atoms with van der Waals surface area (Å²) in [5.74, 6) is 0.116. The first kappa shape index (κ1) is 14.7. The van der Waals surface area contributed by atoms with E-state index in [1.54, 1.807) is 0 Å². The van der Waals surface area contributed by atoms with E-state index in [9.17, 15) is 4.79 Å². The Morgan fingerprint density at radius 3 is 2.95 bits per heavy atom. The van der Waals surface area contributed by atoms with Crippen molar-refractivity contribution in [3.05, 3.63) is 34.9 Å². The Balaban J connectivity index is 2.16. The van der Waals surface area contributed by atoms with Crippen LogP contribution in [0.4, 0.5) is 0 Å². The minimum Gasteiger partial charge on any atom is -0.361 e. The van der Waals surface area contributed by atoms with E-state index in [0.29, 0.717) is 19.7 Å². The second-order valence-electron chi connectivity index (χ2n) is 5.34. The quantitative estimate of drug-likeness (QED) is 0.791. The molecular weight excluding hydrogens is 252 g/mol. The zero-order chi connectivity index (χ0) is 14.7. The average Bonchev–Trinajstić information content (AvgIpc) is 2.48. The summed E-state index contributed by atoms with van der Waals surface area (Å²) in [6, 6.07) is 7.82. The largest absolute Gasteiger partial charge is 0.361 e. The number of aryl methyl sites for hydroxylation is 2. The van der Waals surface area contributed by atoms with Gasteiger partial charge in [0.25, 0.3) is 0 Å². The van der Waals surface area contributed by atoms with Gasteiger partial charge in [0.05, 0.1) is 18.7 Å². The number of carbonyl (C=O) groups excluding carboxylic acids is 1. The number of Topliss-reactive ketones (excluding diaryl/α,β-unsaturated/α-hetero) is 1. The van der Waals surface area contributed by atoms with Gasteiger partial charge in [-0.05, 0) is 32.4 Å². The minimum absolute atomic E-state index is 0.116. The number of ketones is 1. The molecule has 1 fully saturated rings. The van der Waals surface area contributed by atoms with Crippen LogP contribution in [0.25, 0.3) is 0 Å². The summed E-state index contributed by atoms with van der Waals surface area (Å²) in [4.78, 5) is 14.7. The van der Waals surface area contributed by atoms with Crippen LogP contribution >= 0.6 is 0 Å². The predicted octanol–water partition coefficient (Wildman–Crippen LogP) is 2.10. The smallest absolute Gasteiger partial charge is 0.179 e. The molecule has 4 heteroatoms. The number of carbonyl (C=O) groups is 1. The van der Waals surface area contributed by atoms with Crippen LogP contribution in [0.3, 0.4) is 0 Å². The van der Waals surface area contributed by atoms with Crippen molar-refractivity contribution in [3.8, 4) is 6.07 Å². The molecule has 0 bridgehead atoms. The Morgan fingerprint density at radius 1 is 1.50 bits per heavy atom. The van der Waals surface area contributed by atoms with Crippen molar-refractivity contribution in [1.29, 1.82) is 5.26 Å². The lowest BCUT2D eigenvalue weighted by atomic mass is 9.97. The number of nitrogens with zero attached hydrogens (tertiary/aromatic N) is 2. The second kappa shape index (κ2) is 6.17. The van der Waals surface area contributed by atoms with Crippen molar-refractivity contribution in [3.63, 3.8) is 0 Å². The Kier molecular flexibility index (Phi) is 4.53. The summed E-state index contributed by atoms with van der Waals surface area (Å²) in [7, 11) is 0. The Morgan fingerprint density at radius 2 is 2.25 bits per heavy atom. The van der Waals surface area contributed by atoms with Gasteiger partial charge in [0.2, 0.25) is 0 Å². The SMILES string of the molecule is Cc1ccc(C)c(C(=O)C(C)N2CCOC(C#N)C2)c1. The van der Waals surface area contributed by atoms with Gasteiger partial charge in [-0.1, -0.05) is 17.7 Å². The molecule has 1 aromatic rings. The van der Waals surface area contributed by atoms with Crippen molar-refractivity contribution in [1.82, 2.24) is 4.90 Å². The molecule has 2 unspecified atom stereocenters. The first-order chi connectivity index (χ1) is 9.52. The normalized spacial score (nSPS) is 21.2. The van der Waals surface area contributed by atoms with Gasteiger partial charge in [0, 0.05) is 18.7 Å². The third-order valence-electron chi connectivity index (χ3n) is 3.83. The topological polar surface area (TPSA) is 53.3 Å². The summed E-state index contributed by atoms with van der Waals surface area (Å²) in [6.45, 7) is 7.54. The molecule has 1 aromatic carbocycles. The lowest BCUT2D eigenvalue weighted by molar-refractivity contribution is -0.0109. The van der Waals surface area contributed by atoms with Crippen LogP contribution in [0.15, 0.2) is 18.2 Å². The molecule has 0 amide bonds. The van der Waals surface area contributed by atoms with Gasteiger partial charge < -0.3 is 4.74 Å². The second-order valence-corrected chi connectivity index (χ2v) is 5.34. The lowest BCUT2D eigenvalue weighted by Gasteiger charge is -2.33. The maximum Gasteiger partial charge on any atom is 0.179 e. The summed E-state index contributed by atoms with van der Waals surface area (Å²) >= 11 is 0. The van der Waals surface area contributed by atoms with Crippen molar-refractivity contribution >= 4 is 5.78 Å². The molecule has 2 atom stereocenters. The molecule has 0 N–H and O–H groups in total. The predicted molar refractivity (Wildman–Crippen MR) is 76.6 cm³/mol. The Bertz CT molecular complexity index is 548. The van der Waals surface area contributed by atoms with Crippen LogP contribution in [0.1, 0.15) is 28.4 Å².